The first-order chi connectivity index (χ1) is 12.0. The molecule has 0 aliphatic rings. The molecule has 6 nitrogen and oxygen atoms in total. The number of carbonyl (C=O) groups excluding carboxylic acids is 1. The van der Waals surface area contributed by atoms with E-state index in [1.807, 2.05) is 12.3 Å². The van der Waals surface area contributed by atoms with Gasteiger partial charge in [0.1, 0.15) is 17.8 Å². The molecule has 0 N–H and O–H groups in total. The van der Waals surface area contributed by atoms with Crippen LogP contribution in [0.15, 0.2) is 40.3 Å². The Kier molecular flexibility index (Phi) is 5.08. The average molecular weight is 361 g/mol. The van der Waals surface area contributed by atoms with Crippen molar-refractivity contribution < 1.29 is 18.3 Å². The lowest BCUT2D eigenvalue weighted by molar-refractivity contribution is 0.0777. The quantitative estimate of drug-likeness (QED) is 0.673. The van der Waals surface area contributed by atoms with E-state index in [0.717, 1.165) is 10.7 Å². The van der Waals surface area contributed by atoms with Crippen LogP contribution in [0.3, 0.4) is 0 Å². The summed E-state index contributed by atoms with van der Waals surface area (Å²) in [4.78, 5) is 22.4. The number of nitrogens with zero attached hydrogens (tertiary/aromatic N) is 3. The van der Waals surface area contributed by atoms with Crippen LogP contribution >= 0.6 is 11.3 Å². The number of benzene rings is 1. The van der Waals surface area contributed by atoms with Gasteiger partial charge in [-0.3, -0.25) is 4.79 Å². The minimum Gasteiger partial charge on any atom is -0.484 e. The number of hydrogen-bond acceptors (Lipinski definition) is 6. The Hall–Kier alpha value is -2.74. The first kappa shape index (κ1) is 17.1. The molecule has 0 unspecified atom stereocenters. The van der Waals surface area contributed by atoms with Crippen molar-refractivity contribution in [2.45, 2.75) is 20.1 Å². The SMILES string of the molecule is Cc1nc(CN(C)C(=O)c2coc(COc3ccc(F)cc3)n2)cs1. The topological polar surface area (TPSA) is 68.5 Å². The number of oxazole rings is 1. The van der Waals surface area contributed by atoms with E-state index in [9.17, 15) is 9.18 Å². The Morgan fingerprint density at radius 3 is 2.76 bits per heavy atom. The number of ether oxygens (including phenoxy) is 1. The van der Waals surface area contributed by atoms with Gasteiger partial charge in [-0.1, -0.05) is 0 Å². The van der Waals surface area contributed by atoms with Crippen molar-refractivity contribution in [3.05, 3.63) is 64.0 Å². The molecule has 3 aromatic rings. The highest BCUT2D eigenvalue weighted by Crippen LogP contribution is 2.15. The zero-order chi connectivity index (χ0) is 17.8. The van der Waals surface area contributed by atoms with E-state index in [4.69, 9.17) is 9.15 Å². The van der Waals surface area contributed by atoms with Crippen molar-refractivity contribution >= 4 is 17.2 Å². The van der Waals surface area contributed by atoms with Crippen LogP contribution < -0.4 is 4.74 Å². The summed E-state index contributed by atoms with van der Waals surface area (Å²) in [6.07, 6.45) is 1.30. The van der Waals surface area contributed by atoms with E-state index in [2.05, 4.69) is 9.97 Å². The Morgan fingerprint density at radius 2 is 2.08 bits per heavy atom. The van der Waals surface area contributed by atoms with Crippen LogP contribution in [0, 0.1) is 12.7 Å². The van der Waals surface area contributed by atoms with E-state index in [1.54, 1.807) is 18.4 Å². The molecular weight excluding hydrogens is 345 g/mol. The van der Waals surface area contributed by atoms with Crippen LogP contribution in [-0.2, 0) is 13.2 Å². The van der Waals surface area contributed by atoms with Crippen molar-refractivity contribution in [3.8, 4) is 5.75 Å². The molecule has 1 amide bonds. The van der Waals surface area contributed by atoms with Gasteiger partial charge in [-0.25, -0.2) is 14.4 Å². The highest BCUT2D eigenvalue weighted by molar-refractivity contribution is 7.09. The minimum absolute atomic E-state index is 0.0495. The van der Waals surface area contributed by atoms with Gasteiger partial charge in [0.2, 0.25) is 5.89 Å². The van der Waals surface area contributed by atoms with Gasteiger partial charge in [-0.2, -0.15) is 0 Å². The number of carbonyl (C=O) groups is 1. The number of amides is 1. The molecule has 0 radical (unpaired) electrons. The predicted molar refractivity (Wildman–Crippen MR) is 89.9 cm³/mol. The van der Waals surface area contributed by atoms with Crippen molar-refractivity contribution in [2.75, 3.05) is 7.05 Å². The van der Waals surface area contributed by atoms with Gasteiger partial charge in [0.15, 0.2) is 12.3 Å². The van der Waals surface area contributed by atoms with E-state index in [-0.39, 0.29) is 29.9 Å². The summed E-state index contributed by atoms with van der Waals surface area (Å²) in [6.45, 7) is 2.37. The Labute approximate surface area is 147 Å². The zero-order valence-electron chi connectivity index (χ0n) is 13.7. The number of aryl methyl sites for hydroxylation is 1. The van der Waals surface area contributed by atoms with Gasteiger partial charge < -0.3 is 14.1 Å². The highest BCUT2D eigenvalue weighted by atomic mass is 32.1. The van der Waals surface area contributed by atoms with Crippen LogP contribution in [0.25, 0.3) is 0 Å². The second-order valence-corrected chi connectivity index (χ2v) is 6.45. The summed E-state index contributed by atoms with van der Waals surface area (Å²) < 4.78 is 23.5. The Morgan fingerprint density at radius 1 is 1.32 bits per heavy atom. The molecule has 25 heavy (non-hydrogen) atoms. The number of aromatic nitrogens is 2. The summed E-state index contributed by atoms with van der Waals surface area (Å²) in [7, 11) is 1.68. The molecule has 0 spiro atoms. The summed E-state index contributed by atoms with van der Waals surface area (Å²) in [6, 6.07) is 5.62. The second kappa shape index (κ2) is 7.43. The lowest BCUT2D eigenvalue weighted by Gasteiger charge is -2.13. The lowest BCUT2D eigenvalue weighted by atomic mass is 10.3. The minimum atomic E-state index is -0.338. The van der Waals surface area contributed by atoms with Gasteiger partial charge in [-0.05, 0) is 31.2 Å². The monoisotopic (exact) mass is 361 g/mol. The van der Waals surface area contributed by atoms with Gasteiger partial charge >= 0.3 is 0 Å². The maximum Gasteiger partial charge on any atom is 0.275 e. The molecule has 3 rings (SSSR count). The van der Waals surface area contributed by atoms with Crippen LogP contribution in [0.4, 0.5) is 4.39 Å². The van der Waals surface area contributed by atoms with E-state index >= 15 is 0 Å². The Balaban J connectivity index is 1.58. The molecular formula is C17H16FN3O3S. The third-order valence-electron chi connectivity index (χ3n) is 3.36. The fourth-order valence-corrected chi connectivity index (χ4v) is 2.75. The molecule has 0 atom stereocenters. The van der Waals surface area contributed by atoms with Crippen molar-refractivity contribution in [1.29, 1.82) is 0 Å². The maximum absolute atomic E-state index is 12.8. The average Bonchev–Trinajstić information content (AvgIpc) is 3.23. The molecule has 2 aromatic heterocycles. The molecule has 0 fully saturated rings. The van der Waals surface area contributed by atoms with Gasteiger partial charge in [0.05, 0.1) is 17.2 Å². The fourth-order valence-electron chi connectivity index (χ4n) is 2.14. The number of halogens is 1. The predicted octanol–water partition coefficient (Wildman–Crippen LogP) is 3.43. The molecule has 0 aliphatic carbocycles. The fraction of sp³-hybridized carbons (Fsp3) is 0.235. The molecule has 0 saturated heterocycles. The maximum atomic E-state index is 12.8. The summed E-state index contributed by atoms with van der Waals surface area (Å²) in [5.74, 6) is 0.159. The van der Waals surface area contributed by atoms with E-state index in [0.29, 0.717) is 12.3 Å². The molecule has 130 valence electrons. The standard InChI is InChI=1S/C17H16FN3O3S/c1-11-19-13(10-25-11)7-21(2)17(22)15-8-24-16(20-15)9-23-14-5-3-12(18)4-6-14/h3-6,8,10H,7,9H2,1-2H3. The van der Waals surface area contributed by atoms with Crippen molar-refractivity contribution in [2.24, 2.45) is 0 Å². The zero-order valence-corrected chi connectivity index (χ0v) is 14.5. The highest BCUT2D eigenvalue weighted by Gasteiger charge is 2.18. The molecule has 0 saturated carbocycles. The van der Waals surface area contributed by atoms with Gasteiger partial charge in [-0.15, -0.1) is 11.3 Å². The number of rotatable bonds is 6. The normalized spacial score (nSPS) is 10.7. The van der Waals surface area contributed by atoms with Crippen LogP contribution in [0.5, 0.6) is 5.75 Å². The molecule has 1 aromatic carbocycles. The first-order valence-corrected chi connectivity index (χ1v) is 8.38. The van der Waals surface area contributed by atoms with Gasteiger partial charge in [0.25, 0.3) is 5.91 Å². The Bertz CT molecular complexity index is 860. The molecule has 2 heterocycles. The summed E-state index contributed by atoms with van der Waals surface area (Å²) in [5, 5.41) is 2.88. The lowest BCUT2D eigenvalue weighted by Crippen LogP contribution is -2.26. The largest absolute Gasteiger partial charge is 0.484 e. The van der Waals surface area contributed by atoms with Gasteiger partial charge in [0, 0.05) is 12.4 Å². The molecule has 0 bridgehead atoms. The second-order valence-electron chi connectivity index (χ2n) is 5.39. The summed E-state index contributed by atoms with van der Waals surface area (Å²) in [5.41, 5.74) is 1.04. The van der Waals surface area contributed by atoms with Crippen LogP contribution in [0.1, 0.15) is 27.1 Å². The molecule has 0 aliphatic heterocycles. The third kappa shape index (κ3) is 4.42. The summed E-state index contributed by atoms with van der Waals surface area (Å²) >= 11 is 1.54. The first-order valence-electron chi connectivity index (χ1n) is 7.50. The number of hydrogen-bond donors (Lipinski definition) is 0. The van der Waals surface area contributed by atoms with Crippen molar-refractivity contribution in [3.63, 3.8) is 0 Å². The smallest absolute Gasteiger partial charge is 0.275 e. The number of thiazole rings is 1. The van der Waals surface area contributed by atoms with E-state index < -0.39 is 0 Å². The van der Waals surface area contributed by atoms with E-state index in [1.165, 1.54) is 35.4 Å². The van der Waals surface area contributed by atoms with Crippen LogP contribution in [0.2, 0.25) is 0 Å². The van der Waals surface area contributed by atoms with Crippen LogP contribution in [-0.4, -0.2) is 27.8 Å². The van der Waals surface area contributed by atoms with Crippen molar-refractivity contribution in [1.82, 2.24) is 14.9 Å². The third-order valence-corrected chi connectivity index (χ3v) is 4.18. The molecule has 8 heteroatoms.